The van der Waals surface area contributed by atoms with Crippen LogP contribution in [0.1, 0.15) is 20.8 Å². The summed E-state index contributed by atoms with van der Waals surface area (Å²) in [6.07, 6.45) is 0. The van der Waals surface area contributed by atoms with Crippen molar-refractivity contribution < 1.29 is 86.6 Å². The van der Waals surface area contributed by atoms with E-state index in [0.29, 0.717) is 0 Å². The fraction of sp³-hybridized carbons (Fsp3) is 0.500. The van der Waals surface area contributed by atoms with E-state index in [9.17, 15) is 14.4 Å². The predicted octanol–water partition coefficient (Wildman–Crippen LogP) is 0.0675. The molecule has 0 fully saturated rings. The van der Waals surface area contributed by atoms with Crippen molar-refractivity contribution >= 4 is 17.9 Å². The molecule has 0 aliphatic rings. The van der Waals surface area contributed by atoms with E-state index >= 15 is 0 Å². The van der Waals surface area contributed by atoms with E-state index in [2.05, 4.69) is 14.7 Å². The molecule has 0 aromatic carbocycles. The smallest absolute Gasteiger partial charge is 0.301 e. The van der Waals surface area contributed by atoms with Crippen LogP contribution in [0.15, 0.2) is 0 Å². The van der Waals surface area contributed by atoms with E-state index < -0.39 is 17.9 Å². The molecule has 9 nitrogen and oxygen atoms in total. The molecule has 0 amide bonds. The van der Waals surface area contributed by atoms with Gasteiger partial charge in [-0.1, -0.05) is 0 Å². The van der Waals surface area contributed by atoms with Crippen LogP contribution in [0.4, 0.5) is 0 Å². The summed E-state index contributed by atoms with van der Waals surface area (Å²) in [7, 11) is 0. The number of carbonyl (C=O) groups is 3. The largest absolute Gasteiger partial charge is 0.339 e. The van der Waals surface area contributed by atoms with Gasteiger partial charge in [0.05, 0.1) is 0 Å². The minimum atomic E-state index is -0.690. The van der Waals surface area contributed by atoms with Gasteiger partial charge in [0.2, 0.25) is 0 Å². The zero-order valence-electron chi connectivity index (χ0n) is 8.79. The van der Waals surface area contributed by atoms with Crippen LogP contribution < -0.4 is 0 Å². The van der Waals surface area contributed by atoms with E-state index in [0.717, 1.165) is 20.8 Å². The molecule has 0 aliphatic carbocycles. The first-order chi connectivity index (χ1) is 6.81. The number of rotatable bonds is 0. The number of carbonyl (C=O) groups excluding carboxylic acids is 3. The normalized spacial score (nSPS) is 6.38. The second kappa shape index (κ2) is 20.1. The summed E-state index contributed by atoms with van der Waals surface area (Å²) in [5.74, 6) is -2.07. The van der Waals surface area contributed by atoms with Crippen molar-refractivity contribution in [2.24, 2.45) is 0 Å². The molecule has 0 saturated heterocycles. The molecule has 0 rings (SSSR count). The maximum Gasteiger partial charge on any atom is 0.339 e. The molecule has 0 heterocycles. The van der Waals surface area contributed by atoms with E-state index in [1.165, 1.54) is 0 Å². The van der Waals surface area contributed by atoms with Gasteiger partial charge in [-0.15, -0.1) is 0 Å². The Labute approximate surface area is 124 Å². The van der Waals surface area contributed by atoms with Gasteiger partial charge in [-0.2, -0.15) is 15.8 Å². The molecule has 0 aromatic rings. The average molecular weight is 368 g/mol. The Morgan fingerprint density at radius 2 is 0.750 bits per heavy atom. The first-order valence-corrected chi connectivity index (χ1v) is 3.27. The summed E-state index contributed by atoms with van der Waals surface area (Å²) in [4.78, 5) is 37.4. The molecule has 0 aliphatic heterocycles. The van der Waals surface area contributed by atoms with Gasteiger partial charge >= 0.3 is 17.9 Å². The van der Waals surface area contributed by atoms with Crippen molar-refractivity contribution in [2.45, 2.75) is 20.8 Å². The van der Waals surface area contributed by atoms with Crippen molar-refractivity contribution in [3.05, 3.63) is 0 Å². The van der Waals surface area contributed by atoms with Gasteiger partial charge in [-0.3, -0.25) is 0 Å². The summed E-state index contributed by atoms with van der Waals surface area (Å²) in [5.41, 5.74) is 0. The summed E-state index contributed by atoms with van der Waals surface area (Å²) in [6, 6.07) is 0. The second-order valence-corrected chi connectivity index (χ2v) is 1.75. The van der Waals surface area contributed by atoms with E-state index in [-0.39, 0.29) is 41.7 Å². The van der Waals surface area contributed by atoms with Gasteiger partial charge in [0.25, 0.3) is 0 Å². The van der Waals surface area contributed by atoms with Crippen molar-refractivity contribution in [1.82, 2.24) is 0 Å². The first-order valence-electron chi connectivity index (χ1n) is 3.27. The van der Waals surface area contributed by atoms with Gasteiger partial charge in [0, 0.05) is 62.5 Å². The Morgan fingerprint density at radius 3 is 0.750 bits per heavy atom. The van der Waals surface area contributed by atoms with E-state index in [1.54, 1.807) is 0 Å². The van der Waals surface area contributed by atoms with Crippen LogP contribution in [0.3, 0.4) is 0 Å². The molecular weight excluding hydrogens is 356 g/mol. The molecule has 0 radical (unpaired) electrons. The maximum atomic E-state index is 9.34. The molecule has 0 aromatic heterocycles. The van der Waals surface area contributed by atoms with Crippen LogP contribution in [0.25, 0.3) is 0 Å². The third kappa shape index (κ3) is 68.3. The molecule has 16 heavy (non-hydrogen) atoms. The monoisotopic (exact) mass is 368 g/mol. The Balaban J connectivity index is -0.0000000655. The molecule has 0 atom stereocenters. The minimum Gasteiger partial charge on any atom is -0.301 e. The van der Waals surface area contributed by atoms with Crippen molar-refractivity contribution in [2.75, 3.05) is 0 Å². The maximum absolute atomic E-state index is 9.34. The number of hydrogen-bond donors (Lipinski definition) is 3. The molecular formula is C6H12CeO9. The Hall–Kier alpha value is -0.333. The van der Waals surface area contributed by atoms with Crippen molar-refractivity contribution in [1.29, 1.82) is 0 Å². The topological polar surface area (TPSA) is 140 Å². The fourth-order valence-electron chi connectivity index (χ4n) is 0. The Kier molecular flexibility index (Phi) is 31.1. The number of hydrogen-bond acceptors (Lipinski definition) is 9. The molecule has 0 spiro atoms. The van der Waals surface area contributed by atoms with E-state index in [4.69, 9.17) is 15.8 Å². The van der Waals surface area contributed by atoms with Crippen LogP contribution in [-0.2, 0) is 29.0 Å². The molecule has 3 N–H and O–H groups in total. The summed E-state index contributed by atoms with van der Waals surface area (Å²) in [5, 5.41) is 21.9. The average Bonchev–Trinajstić information content (AvgIpc) is 2.19. The zero-order valence-corrected chi connectivity index (χ0v) is 11.9. The van der Waals surface area contributed by atoms with E-state index in [1.807, 2.05) is 0 Å². The summed E-state index contributed by atoms with van der Waals surface area (Å²) in [6.45, 7) is 3.33. The first kappa shape index (κ1) is 24.8. The Morgan fingerprint density at radius 1 is 0.688 bits per heavy atom. The molecule has 10 heteroatoms. The van der Waals surface area contributed by atoms with Crippen LogP contribution >= 0.6 is 0 Å². The predicted molar refractivity (Wildman–Crippen MR) is 43.2 cm³/mol. The summed E-state index contributed by atoms with van der Waals surface area (Å²) >= 11 is 0. The fourth-order valence-corrected chi connectivity index (χ4v) is 0. The standard InChI is InChI=1S/3C2H4O3.Ce/c3*1-2(3)5-4;/h3*4H,1H3;. The van der Waals surface area contributed by atoms with Crippen LogP contribution in [0, 0.1) is 41.7 Å². The molecule has 0 bridgehead atoms. The van der Waals surface area contributed by atoms with Crippen molar-refractivity contribution in [3.63, 3.8) is 0 Å². The van der Waals surface area contributed by atoms with Gasteiger partial charge in [-0.25, -0.2) is 14.4 Å². The third-order valence-corrected chi connectivity index (χ3v) is 0.386. The van der Waals surface area contributed by atoms with Gasteiger partial charge in [0.1, 0.15) is 0 Å². The van der Waals surface area contributed by atoms with Crippen LogP contribution in [0.5, 0.6) is 0 Å². The van der Waals surface area contributed by atoms with Crippen molar-refractivity contribution in [3.8, 4) is 0 Å². The second-order valence-electron chi connectivity index (χ2n) is 1.75. The third-order valence-electron chi connectivity index (χ3n) is 0.386. The molecule has 0 unspecified atom stereocenters. The van der Waals surface area contributed by atoms with Gasteiger partial charge < -0.3 is 14.7 Å². The molecule has 94 valence electrons. The quantitative estimate of drug-likeness (QED) is 0.308. The minimum absolute atomic E-state index is 0. The SMILES string of the molecule is CC(=O)OO.CC(=O)OO.CC(=O)OO.[Ce]. The van der Waals surface area contributed by atoms with Crippen LogP contribution in [0.2, 0.25) is 0 Å². The Bertz CT molecular complexity index is 159. The van der Waals surface area contributed by atoms with Gasteiger partial charge in [0.15, 0.2) is 0 Å². The summed E-state index contributed by atoms with van der Waals surface area (Å²) < 4.78 is 0. The van der Waals surface area contributed by atoms with Crippen LogP contribution in [-0.4, -0.2) is 33.7 Å². The zero-order chi connectivity index (χ0) is 12.9. The molecule has 0 saturated carbocycles. The van der Waals surface area contributed by atoms with Gasteiger partial charge in [-0.05, 0) is 0 Å².